The Morgan fingerprint density at radius 1 is 1.13 bits per heavy atom. The minimum atomic E-state index is -0.288. The predicted molar refractivity (Wildman–Crippen MR) is 112 cm³/mol. The van der Waals surface area contributed by atoms with E-state index >= 15 is 0 Å². The van der Waals surface area contributed by atoms with Crippen LogP contribution < -0.4 is 9.47 Å². The van der Waals surface area contributed by atoms with Crippen molar-refractivity contribution in [1.29, 1.82) is 0 Å². The van der Waals surface area contributed by atoms with Gasteiger partial charge in [0.2, 0.25) is 11.7 Å². The van der Waals surface area contributed by atoms with Crippen molar-refractivity contribution >= 4 is 17.5 Å². The summed E-state index contributed by atoms with van der Waals surface area (Å²) in [5, 5.41) is 4.70. The average Bonchev–Trinajstić information content (AvgIpc) is 3.28. The molecule has 0 aliphatic carbocycles. The SMILES string of the molecule is COc1cc(OC)cc(C(=O)N2CCCCC2c2nc(-c3cccc(Cl)c3)no2)c1. The van der Waals surface area contributed by atoms with E-state index in [0.29, 0.717) is 40.3 Å². The summed E-state index contributed by atoms with van der Waals surface area (Å²) in [5.41, 5.74) is 1.26. The predicted octanol–water partition coefficient (Wildman–Crippen LogP) is 4.77. The van der Waals surface area contributed by atoms with Gasteiger partial charge >= 0.3 is 0 Å². The average molecular weight is 428 g/mol. The van der Waals surface area contributed by atoms with Gasteiger partial charge in [0.1, 0.15) is 17.5 Å². The fraction of sp³-hybridized carbons (Fsp3) is 0.318. The lowest BCUT2D eigenvalue weighted by Crippen LogP contribution is -2.38. The van der Waals surface area contributed by atoms with Crippen LogP contribution in [0.15, 0.2) is 47.0 Å². The topological polar surface area (TPSA) is 77.7 Å². The van der Waals surface area contributed by atoms with Crippen LogP contribution in [0, 0.1) is 0 Å². The Balaban J connectivity index is 1.63. The number of methoxy groups -OCH3 is 2. The summed E-state index contributed by atoms with van der Waals surface area (Å²) in [6.45, 7) is 0.609. The Morgan fingerprint density at radius 3 is 2.60 bits per heavy atom. The van der Waals surface area contributed by atoms with E-state index in [1.54, 1.807) is 49.5 Å². The molecular weight excluding hydrogens is 406 g/mol. The van der Waals surface area contributed by atoms with Crippen molar-refractivity contribution in [2.45, 2.75) is 25.3 Å². The third kappa shape index (κ3) is 4.11. The van der Waals surface area contributed by atoms with Crippen LogP contribution in [0.2, 0.25) is 5.02 Å². The van der Waals surface area contributed by atoms with Crippen LogP contribution in [0.4, 0.5) is 0 Å². The summed E-state index contributed by atoms with van der Waals surface area (Å²) in [5.74, 6) is 1.88. The molecule has 0 spiro atoms. The number of likely N-dealkylation sites (tertiary alicyclic amines) is 1. The third-order valence-electron chi connectivity index (χ3n) is 5.17. The summed E-state index contributed by atoms with van der Waals surface area (Å²) in [7, 11) is 3.12. The number of piperidine rings is 1. The third-order valence-corrected chi connectivity index (χ3v) is 5.41. The zero-order valence-corrected chi connectivity index (χ0v) is 17.6. The molecule has 1 saturated heterocycles. The molecule has 1 aliphatic rings. The lowest BCUT2D eigenvalue weighted by Gasteiger charge is -2.33. The van der Waals surface area contributed by atoms with Crippen LogP contribution >= 0.6 is 11.6 Å². The van der Waals surface area contributed by atoms with Gasteiger partial charge in [-0.25, -0.2) is 0 Å². The molecule has 0 bridgehead atoms. The second kappa shape index (κ2) is 8.75. The number of carbonyl (C=O) groups excluding carboxylic acids is 1. The second-order valence-corrected chi connectivity index (χ2v) is 7.51. The highest BCUT2D eigenvalue weighted by Gasteiger charge is 2.33. The lowest BCUT2D eigenvalue weighted by molar-refractivity contribution is 0.0560. The van der Waals surface area contributed by atoms with Gasteiger partial charge in [-0.1, -0.05) is 28.9 Å². The van der Waals surface area contributed by atoms with Crippen molar-refractivity contribution in [3.63, 3.8) is 0 Å². The van der Waals surface area contributed by atoms with Gasteiger partial charge in [-0.15, -0.1) is 0 Å². The minimum Gasteiger partial charge on any atom is -0.497 e. The van der Waals surface area contributed by atoms with Crippen molar-refractivity contribution in [2.24, 2.45) is 0 Å². The molecule has 1 atom stereocenters. The highest BCUT2D eigenvalue weighted by molar-refractivity contribution is 6.30. The Morgan fingerprint density at radius 2 is 1.90 bits per heavy atom. The maximum atomic E-state index is 13.3. The van der Waals surface area contributed by atoms with Gasteiger partial charge in [-0.2, -0.15) is 4.98 Å². The van der Waals surface area contributed by atoms with E-state index in [-0.39, 0.29) is 11.9 Å². The van der Waals surface area contributed by atoms with Crippen molar-refractivity contribution in [3.05, 3.63) is 58.9 Å². The summed E-state index contributed by atoms with van der Waals surface area (Å²) in [4.78, 5) is 19.7. The zero-order chi connectivity index (χ0) is 21.1. The molecule has 1 fully saturated rings. The monoisotopic (exact) mass is 427 g/mol. The molecule has 3 aromatic rings. The molecule has 1 unspecified atom stereocenters. The van der Waals surface area contributed by atoms with Crippen LogP contribution in [0.25, 0.3) is 11.4 Å². The standard InChI is InChI=1S/C22H22ClN3O4/c1-28-17-11-15(12-18(13-17)29-2)22(27)26-9-4-3-8-19(26)21-24-20(25-30-21)14-6-5-7-16(23)10-14/h5-7,10-13,19H,3-4,8-9H2,1-2H3. The summed E-state index contributed by atoms with van der Waals surface area (Å²) in [6.07, 6.45) is 2.65. The Hall–Kier alpha value is -3.06. The van der Waals surface area contributed by atoms with Crippen LogP contribution in [-0.4, -0.2) is 41.7 Å². The van der Waals surface area contributed by atoms with Gasteiger partial charge in [-0.05, 0) is 43.5 Å². The molecule has 7 nitrogen and oxygen atoms in total. The van der Waals surface area contributed by atoms with Gasteiger partial charge < -0.3 is 18.9 Å². The van der Waals surface area contributed by atoms with E-state index < -0.39 is 0 Å². The van der Waals surface area contributed by atoms with Gasteiger partial charge in [0.25, 0.3) is 5.91 Å². The smallest absolute Gasteiger partial charge is 0.254 e. The molecular formula is C22H22ClN3O4. The number of ether oxygens (including phenoxy) is 2. The van der Waals surface area contributed by atoms with Gasteiger partial charge in [0.05, 0.1) is 14.2 Å². The summed E-state index contributed by atoms with van der Waals surface area (Å²) in [6, 6.07) is 12.1. The number of rotatable bonds is 5. The summed E-state index contributed by atoms with van der Waals surface area (Å²) >= 11 is 6.07. The molecule has 1 aromatic heterocycles. The number of nitrogens with zero attached hydrogens (tertiary/aromatic N) is 3. The van der Waals surface area contributed by atoms with Crippen LogP contribution in [0.5, 0.6) is 11.5 Å². The molecule has 2 aromatic carbocycles. The van der Waals surface area contributed by atoms with Crippen molar-refractivity contribution < 1.29 is 18.8 Å². The zero-order valence-electron chi connectivity index (χ0n) is 16.8. The van der Waals surface area contributed by atoms with E-state index in [2.05, 4.69) is 10.1 Å². The number of hydrogen-bond acceptors (Lipinski definition) is 6. The molecule has 0 saturated carbocycles. The molecule has 1 aliphatic heterocycles. The van der Waals surface area contributed by atoms with E-state index in [0.717, 1.165) is 24.8 Å². The van der Waals surface area contributed by atoms with Crippen molar-refractivity contribution in [1.82, 2.24) is 15.0 Å². The second-order valence-electron chi connectivity index (χ2n) is 7.08. The highest BCUT2D eigenvalue weighted by Crippen LogP contribution is 2.34. The number of hydrogen-bond donors (Lipinski definition) is 0. The van der Waals surface area contributed by atoms with Crippen LogP contribution in [0.3, 0.4) is 0 Å². The van der Waals surface area contributed by atoms with Crippen LogP contribution in [0.1, 0.15) is 41.6 Å². The fourth-order valence-electron chi connectivity index (χ4n) is 3.64. The normalized spacial score (nSPS) is 16.4. The minimum absolute atomic E-state index is 0.126. The van der Waals surface area contributed by atoms with Crippen molar-refractivity contribution in [2.75, 3.05) is 20.8 Å². The molecule has 4 rings (SSSR count). The first kappa shape index (κ1) is 20.2. The molecule has 0 N–H and O–H groups in total. The molecule has 1 amide bonds. The first-order chi connectivity index (χ1) is 14.6. The Kier molecular flexibility index (Phi) is 5.90. The van der Waals surface area contributed by atoms with Gasteiger partial charge in [0, 0.05) is 28.8 Å². The maximum Gasteiger partial charge on any atom is 0.254 e. The largest absolute Gasteiger partial charge is 0.497 e. The first-order valence-electron chi connectivity index (χ1n) is 9.72. The van der Waals surface area contributed by atoms with E-state index in [1.807, 2.05) is 12.1 Å². The van der Waals surface area contributed by atoms with E-state index in [9.17, 15) is 4.79 Å². The number of amides is 1. The Bertz CT molecular complexity index is 1030. The molecule has 2 heterocycles. The highest BCUT2D eigenvalue weighted by atomic mass is 35.5. The van der Waals surface area contributed by atoms with Gasteiger partial charge in [0.15, 0.2) is 0 Å². The molecule has 30 heavy (non-hydrogen) atoms. The quantitative estimate of drug-likeness (QED) is 0.583. The maximum absolute atomic E-state index is 13.3. The van der Waals surface area contributed by atoms with E-state index in [1.165, 1.54) is 0 Å². The molecule has 8 heteroatoms. The summed E-state index contributed by atoms with van der Waals surface area (Å²) < 4.78 is 16.2. The molecule has 0 radical (unpaired) electrons. The number of carbonyl (C=O) groups is 1. The lowest BCUT2D eigenvalue weighted by atomic mass is 10.0. The molecule has 156 valence electrons. The fourth-order valence-corrected chi connectivity index (χ4v) is 3.83. The van der Waals surface area contributed by atoms with Crippen LogP contribution in [-0.2, 0) is 0 Å². The Labute approximate surface area is 179 Å². The van der Waals surface area contributed by atoms with E-state index in [4.69, 9.17) is 25.6 Å². The number of benzene rings is 2. The van der Waals surface area contributed by atoms with Gasteiger partial charge in [-0.3, -0.25) is 4.79 Å². The van der Waals surface area contributed by atoms with Crippen molar-refractivity contribution in [3.8, 4) is 22.9 Å². The first-order valence-corrected chi connectivity index (χ1v) is 10.1. The number of aromatic nitrogens is 2. The number of halogens is 1.